The lowest BCUT2D eigenvalue weighted by Gasteiger charge is -2.28. The number of hydrogen-bond donors (Lipinski definition) is 4. The third-order valence-electron chi connectivity index (χ3n) is 5.50. The lowest BCUT2D eigenvalue weighted by Crippen LogP contribution is -2.42. The van der Waals surface area contributed by atoms with Gasteiger partial charge in [-0.3, -0.25) is 9.11 Å². The molecule has 0 aromatic heterocycles. The predicted octanol–water partition coefficient (Wildman–Crippen LogP) is 4.66. The Morgan fingerprint density at radius 1 is 0.917 bits per heavy atom. The molecule has 0 bridgehead atoms. The molecule has 0 fully saturated rings. The summed E-state index contributed by atoms with van der Waals surface area (Å²) in [4.78, 5) is 0. The number of ether oxygens (including phenoxy) is 2. The van der Waals surface area contributed by atoms with Gasteiger partial charge in [0.15, 0.2) is 0 Å². The molecular weight excluding hydrogens is 482 g/mol. The third-order valence-corrected chi connectivity index (χ3v) is 5.50. The Morgan fingerprint density at radius 2 is 1.50 bits per heavy atom. The summed E-state index contributed by atoms with van der Waals surface area (Å²) in [5, 5.41) is 14.1. The molecule has 3 rings (SSSR count). The van der Waals surface area contributed by atoms with Gasteiger partial charge in [-0.2, -0.15) is 8.42 Å². The van der Waals surface area contributed by atoms with Gasteiger partial charge in [-0.05, 0) is 61.6 Å². The lowest BCUT2D eigenvalue weighted by atomic mass is 9.94. The zero-order valence-electron chi connectivity index (χ0n) is 20.8. The zero-order valence-corrected chi connectivity index (χ0v) is 21.6. The molecule has 0 aliphatic carbocycles. The molecule has 0 saturated carbocycles. The normalized spacial score (nSPS) is 12.3. The first kappa shape index (κ1) is 29.3. The van der Waals surface area contributed by atoms with E-state index >= 15 is 0 Å². The van der Waals surface area contributed by atoms with Crippen LogP contribution in [0.5, 0.6) is 11.5 Å². The van der Waals surface area contributed by atoms with Crippen molar-refractivity contribution in [1.82, 2.24) is 5.32 Å². The van der Waals surface area contributed by atoms with Gasteiger partial charge < -0.3 is 19.9 Å². The van der Waals surface area contributed by atoms with E-state index in [-0.39, 0.29) is 5.54 Å². The summed E-state index contributed by atoms with van der Waals surface area (Å²) >= 11 is 0. The van der Waals surface area contributed by atoms with Crippen LogP contribution >= 0.6 is 0 Å². The molecule has 3 aromatic carbocycles. The molecule has 0 amide bonds. The quantitative estimate of drug-likeness (QED) is 0.271. The van der Waals surface area contributed by atoms with Gasteiger partial charge in [-0.15, -0.1) is 0 Å². The Balaban J connectivity index is 0.000000830. The van der Waals surface area contributed by atoms with Crippen molar-refractivity contribution in [3.63, 3.8) is 0 Å². The van der Waals surface area contributed by atoms with Crippen LogP contribution in [-0.2, 0) is 23.4 Å². The van der Waals surface area contributed by atoms with Gasteiger partial charge in [-0.1, -0.05) is 60.7 Å². The number of rotatable bonds is 11. The van der Waals surface area contributed by atoms with E-state index in [1.165, 1.54) is 5.56 Å². The van der Waals surface area contributed by atoms with Crippen molar-refractivity contribution in [3.05, 3.63) is 95.6 Å². The van der Waals surface area contributed by atoms with Gasteiger partial charge >= 0.3 is 10.4 Å². The Kier molecular flexibility index (Phi) is 11.4. The number of aryl methyl sites for hydroxylation is 1. The molecule has 3 aromatic rings. The summed E-state index contributed by atoms with van der Waals surface area (Å²) in [6.45, 7) is 5.35. The van der Waals surface area contributed by atoms with Crippen molar-refractivity contribution in [2.45, 2.75) is 44.9 Å². The highest BCUT2D eigenvalue weighted by molar-refractivity contribution is 7.79. The number of nitrogens with one attached hydrogen (secondary N) is 1. The van der Waals surface area contributed by atoms with Gasteiger partial charge in [-0.25, -0.2) is 0 Å². The Labute approximate surface area is 213 Å². The van der Waals surface area contributed by atoms with Crippen LogP contribution in [0.1, 0.15) is 43.1 Å². The van der Waals surface area contributed by atoms with Crippen LogP contribution in [0.3, 0.4) is 0 Å². The summed E-state index contributed by atoms with van der Waals surface area (Å²) in [5.41, 5.74) is 3.10. The molecule has 0 spiro atoms. The Morgan fingerprint density at radius 3 is 2.11 bits per heavy atom. The number of β-amino-alcohol motifs (C(OH)–C–C–N with tert-alkyl or cyclic N) is 1. The van der Waals surface area contributed by atoms with Crippen molar-refractivity contribution in [1.29, 1.82) is 0 Å². The Bertz CT molecular complexity index is 1140. The van der Waals surface area contributed by atoms with E-state index in [9.17, 15) is 5.11 Å². The van der Waals surface area contributed by atoms with Crippen molar-refractivity contribution in [2.24, 2.45) is 0 Å². The monoisotopic (exact) mass is 517 g/mol. The van der Waals surface area contributed by atoms with E-state index in [1.54, 1.807) is 7.11 Å². The van der Waals surface area contributed by atoms with Crippen molar-refractivity contribution >= 4 is 10.4 Å². The van der Waals surface area contributed by atoms with Gasteiger partial charge in [0.2, 0.25) is 0 Å². The first-order chi connectivity index (χ1) is 17.0. The van der Waals surface area contributed by atoms with Gasteiger partial charge in [0.25, 0.3) is 0 Å². The number of benzene rings is 3. The van der Waals surface area contributed by atoms with E-state index in [0.717, 1.165) is 35.5 Å². The topological polar surface area (TPSA) is 125 Å². The maximum atomic E-state index is 10.6. The molecule has 0 radical (unpaired) electrons. The number of methoxy groups -OCH3 is 1. The minimum atomic E-state index is -4.67. The summed E-state index contributed by atoms with van der Waals surface area (Å²) in [6.07, 6.45) is 1.27. The molecule has 0 heterocycles. The third kappa shape index (κ3) is 11.7. The highest BCUT2D eigenvalue weighted by Gasteiger charge is 2.20. The second-order valence-corrected chi connectivity index (χ2v) is 9.78. The fourth-order valence-electron chi connectivity index (χ4n) is 3.46. The van der Waals surface area contributed by atoms with Gasteiger partial charge in [0.05, 0.1) is 13.2 Å². The van der Waals surface area contributed by atoms with Crippen molar-refractivity contribution in [3.8, 4) is 11.5 Å². The predicted molar refractivity (Wildman–Crippen MR) is 140 cm³/mol. The van der Waals surface area contributed by atoms with E-state index < -0.39 is 16.5 Å². The maximum absolute atomic E-state index is 10.6. The smallest absolute Gasteiger partial charge is 0.394 e. The van der Waals surface area contributed by atoms with E-state index in [1.807, 2.05) is 72.8 Å². The standard InChI is InChI=1S/C27H33NO3.H2O4S/c1-27(2,18-17-23-11-7-8-12-26(23)30-3)28-19-25(29)22-13-15-24(16-14-22)31-20-21-9-5-4-6-10-21;1-5(2,3)4/h4-16,25,28-29H,17-20H2,1-3H3;(H2,1,2,3,4). The van der Waals surface area contributed by atoms with Crippen LogP contribution < -0.4 is 14.8 Å². The minimum Gasteiger partial charge on any atom is -0.496 e. The minimum absolute atomic E-state index is 0.111. The number of aliphatic hydroxyl groups is 1. The molecule has 8 nitrogen and oxygen atoms in total. The summed E-state index contributed by atoms with van der Waals surface area (Å²) in [5.74, 6) is 1.72. The van der Waals surface area contributed by atoms with Crippen molar-refractivity contribution in [2.75, 3.05) is 13.7 Å². The molecule has 0 aliphatic rings. The van der Waals surface area contributed by atoms with Crippen LogP contribution in [0.2, 0.25) is 0 Å². The van der Waals surface area contributed by atoms with Crippen LogP contribution in [0, 0.1) is 0 Å². The average molecular weight is 518 g/mol. The molecule has 4 N–H and O–H groups in total. The highest BCUT2D eigenvalue weighted by atomic mass is 32.3. The van der Waals surface area contributed by atoms with Crippen LogP contribution in [0.15, 0.2) is 78.9 Å². The Hall–Kier alpha value is -2.95. The first-order valence-corrected chi connectivity index (χ1v) is 12.9. The van der Waals surface area contributed by atoms with E-state index in [4.69, 9.17) is 27.0 Å². The SMILES string of the molecule is COc1ccccc1CCC(C)(C)NCC(O)c1ccc(OCc2ccccc2)cc1.O=S(=O)(O)O. The number of hydrogen-bond acceptors (Lipinski definition) is 6. The van der Waals surface area contributed by atoms with E-state index in [0.29, 0.717) is 13.2 Å². The first-order valence-electron chi connectivity index (χ1n) is 11.5. The van der Waals surface area contributed by atoms with E-state index in [2.05, 4.69) is 25.2 Å². The fourth-order valence-corrected chi connectivity index (χ4v) is 3.46. The summed E-state index contributed by atoms with van der Waals surface area (Å²) in [7, 11) is -2.96. The van der Waals surface area contributed by atoms with Crippen LogP contribution in [-0.4, -0.2) is 41.8 Å². The van der Waals surface area contributed by atoms with Crippen LogP contribution in [0.25, 0.3) is 0 Å². The number of aliphatic hydroxyl groups excluding tert-OH is 1. The number of para-hydroxylation sites is 1. The van der Waals surface area contributed by atoms with Crippen molar-refractivity contribution < 1.29 is 32.1 Å². The molecule has 196 valence electrons. The second-order valence-electron chi connectivity index (χ2n) is 8.88. The van der Waals surface area contributed by atoms with Gasteiger partial charge in [0.1, 0.15) is 18.1 Å². The summed E-state index contributed by atoms with van der Waals surface area (Å²) in [6, 6.07) is 25.9. The molecule has 0 aliphatic heterocycles. The second kappa shape index (κ2) is 14.0. The average Bonchev–Trinajstić information content (AvgIpc) is 2.85. The molecule has 1 unspecified atom stereocenters. The highest BCUT2D eigenvalue weighted by Crippen LogP contribution is 2.23. The molecule has 0 saturated heterocycles. The largest absolute Gasteiger partial charge is 0.496 e. The molecule has 9 heteroatoms. The molecule has 36 heavy (non-hydrogen) atoms. The molecular formula is C27H35NO7S. The van der Waals surface area contributed by atoms with Gasteiger partial charge in [0, 0.05) is 12.1 Å². The van der Waals surface area contributed by atoms with Crippen LogP contribution in [0.4, 0.5) is 0 Å². The fraction of sp³-hybridized carbons (Fsp3) is 0.333. The molecule has 1 atom stereocenters. The summed E-state index contributed by atoms with van der Waals surface area (Å²) < 4.78 is 42.9. The maximum Gasteiger partial charge on any atom is 0.394 e. The lowest BCUT2D eigenvalue weighted by molar-refractivity contribution is 0.159. The zero-order chi connectivity index (χ0) is 26.6.